The van der Waals surface area contributed by atoms with E-state index in [1.54, 1.807) is 28.8 Å². The first kappa shape index (κ1) is 17.2. The van der Waals surface area contributed by atoms with E-state index in [4.69, 9.17) is 4.98 Å². The molecule has 1 aliphatic heterocycles. The van der Waals surface area contributed by atoms with Crippen molar-refractivity contribution >= 4 is 10.9 Å². The Labute approximate surface area is 156 Å². The quantitative estimate of drug-likeness (QED) is 0.522. The van der Waals surface area contributed by atoms with E-state index in [1.807, 2.05) is 12.1 Å². The van der Waals surface area contributed by atoms with E-state index in [2.05, 4.69) is 23.3 Å². The molecule has 0 fully saturated rings. The predicted molar refractivity (Wildman–Crippen MR) is 104 cm³/mol. The Balaban J connectivity index is 1.72. The molecule has 0 saturated heterocycles. The number of halogens is 1. The van der Waals surface area contributed by atoms with Crippen molar-refractivity contribution in [1.29, 1.82) is 0 Å². The van der Waals surface area contributed by atoms with Gasteiger partial charge in [-0.3, -0.25) is 14.3 Å². The summed E-state index contributed by atoms with van der Waals surface area (Å²) in [7, 11) is 0. The van der Waals surface area contributed by atoms with Crippen LogP contribution in [0.25, 0.3) is 10.9 Å². The van der Waals surface area contributed by atoms with Crippen LogP contribution < -0.4 is 5.56 Å². The molecule has 4 rings (SSSR count). The highest BCUT2D eigenvalue weighted by molar-refractivity contribution is 5.79. The van der Waals surface area contributed by atoms with E-state index < -0.39 is 0 Å². The van der Waals surface area contributed by atoms with Crippen LogP contribution >= 0.6 is 0 Å². The minimum absolute atomic E-state index is 0.0158. The molecule has 2 heterocycles. The molecule has 0 atom stereocenters. The van der Waals surface area contributed by atoms with Gasteiger partial charge in [0.2, 0.25) is 0 Å². The van der Waals surface area contributed by atoms with Crippen molar-refractivity contribution in [2.24, 2.45) is 0 Å². The molecule has 0 radical (unpaired) electrons. The summed E-state index contributed by atoms with van der Waals surface area (Å²) in [5, 5.41) is 0.590. The highest BCUT2D eigenvalue weighted by Gasteiger charge is 2.19. The van der Waals surface area contributed by atoms with Crippen LogP contribution in [-0.4, -0.2) is 27.5 Å². The Bertz CT molecular complexity index is 1150. The van der Waals surface area contributed by atoms with Gasteiger partial charge in [0.25, 0.3) is 5.56 Å². The zero-order valence-electron chi connectivity index (χ0n) is 14.8. The van der Waals surface area contributed by atoms with Gasteiger partial charge in [-0.05, 0) is 36.4 Å². The summed E-state index contributed by atoms with van der Waals surface area (Å²) in [4.78, 5) is 19.7. The Morgan fingerprint density at radius 1 is 1.15 bits per heavy atom. The van der Waals surface area contributed by atoms with Gasteiger partial charge in [0.05, 0.1) is 17.4 Å². The molecule has 0 spiro atoms. The summed E-state index contributed by atoms with van der Waals surface area (Å²) in [5.41, 5.74) is 1.96. The second kappa shape index (κ2) is 7.18. The Kier molecular flexibility index (Phi) is 4.57. The first-order valence-corrected chi connectivity index (χ1v) is 8.78. The van der Waals surface area contributed by atoms with Crippen molar-refractivity contribution in [1.82, 2.24) is 14.5 Å². The SMILES string of the molecule is C=CCN1CCn2c(nc3cc(C#Cc4cccc(F)c4)ccc3c2=O)C1. The molecule has 0 aliphatic carbocycles. The lowest BCUT2D eigenvalue weighted by atomic mass is 10.1. The van der Waals surface area contributed by atoms with Gasteiger partial charge in [-0.2, -0.15) is 0 Å². The van der Waals surface area contributed by atoms with Gasteiger partial charge in [0.1, 0.15) is 11.6 Å². The second-order valence-corrected chi connectivity index (χ2v) is 6.50. The van der Waals surface area contributed by atoms with Crippen molar-refractivity contribution in [3.8, 4) is 11.8 Å². The largest absolute Gasteiger partial charge is 0.294 e. The predicted octanol–water partition coefficient (Wildman–Crippen LogP) is 2.94. The third kappa shape index (κ3) is 3.53. The maximum absolute atomic E-state index is 13.3. The molecule has 2 aromatic carbocycles. The number of fused-ring (bicyclic) bond motifs is 2. The average molecular weight is 359 g/mol. The molecule has 5 heteroatoms. The summed E-state index contributed by atoms with van der Waals surface area (Å²) in [6.45, 7) is 6.60. The number of hydrogen-bond acceptors (Lipinski definition) is 3. The molecule has 0 N–H and O–H groups in total. The van der Waals surface area contributed by atoms with Gasteiger partial charge < -0.3 is 0 Å². The highest BCUT2D eigenvalue weighted by Crippen LogP contribution is 2.15. The van der Waals surface area contributed by atoms with Crippen molar-refractivity contribution in [2.75, 3.05) is 13.1 Å². The molecular formula is C22H18FN3O. The average Bonchev–Trinajstić information content (AvgIpc) is 2.66. The molecule has 27 heavy (non-hydrogen) atoms. The van der Waals surface area contributed by atoms with Crippen molar-refractivity contribution in [2.45, 2.75) is 13.1 Å². The summed E-state index contributed by atoms with van der Waals surface area (Å²) in [6, 6.07) is 11.5. The molecular weight excluding hydrogens is 341 g/mol. The molecule has 1 aliphatic rings. The molecule has 0 unspecified atom stereocenters. The van der Waals surface area contributed by atoms with Gasteiger partial charge in [-0.25, -0.2) is 9.37 Å². The minimum Gasteiger partial charge on any atom is -0.294 e. The molecule has 134 valence electrons. The molecule has 4 nitrogen and oxygen atoms in total. The lowest BCUT2D eigenvalue weighted by molar-refractivity contribution is 0.234. The summed E-state index contributed by atoms with van der Waals surface area (Å²) in [5.74, 6) is 6.41. The van der Waals surface area contributed by atoms with Crippen LogP contribution in [-0.2, 0) is 13.1 Å². The summed E-state index contributed by atoms with van der Waals surface area (Å²) < 4.78 is 15.0. The molecule has 0 bridgehead atoms. The van der Waals surface area contributed by atoms with E-state index in [0.717, 1.165) is 24.5 Å². The van der Waals surface area contributed by atoms with E-state index in [1.165, 1.54) is 12.1 Å². The van der Waals surface area contributed by atoms with E-state index >= 15 is 0 Å². The fourth-order valence-electron chi connectivity index (χ4n) is 3.27. The Morgan fingerprint density at radius 3 is 2.74 bits per heavy atom. The van der Waals surface area contributed by atoms with Gasteiger partial charge >= 0.3 is 0 Å². The molecule has 3 aromatic rings. The minimum atomic E-state index is -0.314. The zero-order valence-corrected chi connectivity index (χ0v) is 14.8. The van der Waals surface area contributed by atoms with Crippen molar-refractivity contribution in [3.63, 3.8) is 0 Å². The van der Waals surface area contributed by atoms with Crippen molar-refractivity contribution < 1.29 is 4.39 Å². The lowest BCUT2D eigenvalue weighted by Crippen LogP contribution is -2.40. The third-order valence-corrected chi connectivity index (χ3v) is 4.60. The normalized spacial score (nSPS) is 13.7. The molecule has 1 aromatic heterocycles. The number of aromatic nitrogens is 2. The standard InChI is InChI=1S/C22H18FN3O/c1-2-10-25-11-12-26-21(15-25)24-20-14-17(8-9-19(20)22(26)27)7-6-16-4-3-5-18(23)13-16/h2-5,8-9,13-14H,1,10-12,15H2. The van der Waals surface area contributed by atoms with Crippen LogP contribution in [0.3, 0.4) is 0 Å². The number of benzene rings is 2. The topological polar surface area (TPSA) is 38.1 Å². The Morgan fingerprint density at radius 2 is 1.96 bits per heavy atom. The fraction of sp³-hybridized carbons (Fsp3) is 0.182. The number of nitrogens with zero attached hydrogens (tertiary/aromatic N) is 3. The number of rotatable bonds is 2. The molecule has 0 saturated carbocycles. The monoisotopic (exact) mass is 359 g/mol. The van der Waals surface area contributed by atoms with E-state index in [9.17, 15) is 9.18 Å². The van der Waals surface area contributed by atoms with E-state index in [-0.39, 0.29) is 11.4 Å². The maximum atomic E-state index is 13.3. The third-order valence-electron chi connectivity index (χ3n) is 4.60. The first-order chi connectivity index (χ1) is 13.1. The number of hydrogen-bond donors (Lipinski definition) is 0. The fourth-order valence-corrected chi connectivity index (χ4v) is 3.27. The van der Waals surface area contributed by atoms with Crippen LogP contribution in [0, 0.1) is 17.7 Å². The zero-order chi connectivity index (χ0) is 18.8. The first-order valence-electron chi connectivity index (χ1n) is 8.78. The van der Waals surface area contributed by atoms with Gasteiger partial charge in [-0.15, -0.1) is 6.58 Å². The van der Waals surface area contributed by atoms with Crippen LogP contribution in [0.1, 0.15) is 17.0 Å². The van der Waals surface area contributed by atoms with E-state index in [0.29, 0.717) is 29.6 Å². The van der Waals surface area contributed by atoms with Crippen LogP contribution in [0.2, 0.25) is 0 Å². The van der Waals surface area contributed by atoms with Crippen LogP contribution in [0.15, 0.2) is 59.9 Å². The highest BCUT2D eigenvalue weighted by atomic mass is 19.1. The van der Waals surface area contributed by atoms with Crippen LogP contribution in [0.5, 0.6) is 0 Å². The summed E-state index contributed by atoms with van der Waals surface area (Å²) >= 11 is 0. The van der Waals surface area contributed by atoms with Gasteiger partial charge in [-0.1, -0.05) is 24.0 Å². The summed E-state index contributed by atoms with van der Waals surface area (Å²) in [6.07, 6.45) is 1.86. The smallest absolute Gasteiger partial charge is 0.261 e. The van der Waals surface area contributed by atoms with Crippen LogP contribution in [0.4, 0.5) is 4.39 Å². The van der Waals surface area contributed by atoms with Gasteiger partial charge in [0.15, 0.2) is 0 Å². The lowest BCUT2D eigenvalue weighted by Gasteiger charge is -2.28. The van der Waals surface area contributed by atoms with Crippen molar-refractivity contribution in [3.05, 3.63) is 88.2 Å². The van der Waals surface area contributed by atoms with Gasteiger partial charge in [0, 0.05) is 30.8 Å². The Hall–Kier alpha value is -3.23. The maximum Gasteiger partial charge on any atom is 0.261 e. The molecule has 0 amide bonds. The second-order valence-electron chi connectivity index (χ2n) is 6.50.